The van der Waals surface area contributed by atoms with Crippen LogP contribution in [0.15, 0.2) is 60.9 Å². The largest absolute Gasteiger partial charge is 0.493 e. The van der Waals surface area contributed by atoms with Gasteiger partial charge in [0.1, 0.15) is 5.75 Å². The van der Waals surface area contributed by atoms with Gasteiger partial charge in [-0.25, -0.2) is 0 Å². The molecule has 2 aromatic carbocycles. The van der Waals surface area contributed by atoms with E-state index < -0.39 is 0 Å². The van der Waals surface area contributed by atoms with Gasteiger partial charge in [-0.3, -0.25) is 4.98 Å². The fourth-order valence-electron chi connectivity index (χ4n) is 3.00. The topological polar surface area (TPSA) is 34.1 Å². The van der Waals surface area contributed by atoms with E-state index >= 15 is 0 Å². The van der Waals surface area contributed by atoms with Crippen LogP contribution in [0, 0.1) is 0 Å². The van der Waals surface area contributed by atoms with Crippen molar-refractivity contribution in [1.82, 2.24) is 10.3 Å². The molecular formula is C22H26N2O. The number of ether oxygens (including phenoxy) is 1. The van der Waals surface area contributed by atoms with Gasteiger partial charge >= 0.3 is 0 Å². The summed E-state index contributed by atoms with van der Waals surface area (Å²) in [5.74, 6) is 0.994. The lowest BCUT2D eigenvalue weighted by Gasteiger charge is -2.15. The van der Waals surface area contributed by atoms with E-state index in [2.05, 4.69) is 59.7 Å². The molecule has 0 aliphatic carbocycles. The third kappa shape index (κ3) is 4.80. The van der Waals surface area contributed by atoms with Crippen LogP contribution in [0.4, 0.5) is 0 Å². The number of unbranched alkanes of at least 4 members (excludes halogenated alkanes) is 2. The second kappa shape index (κ2) is 9.19. The Labute approximate surface area is 150 Å². The van der Waals surface area contributed by atoms with Gasteiger partial charge in [0.05, 0.1) is 6.61 Å². The van der Waals surface area contributed by atoms with Crippen molar-refractivity contribution in [3.8, 4) is 5.75 Å². The molecule has 0 spiro atoms. The minimum atomic E-state index is 0.777. The average molecular weight is 334 g/mol. The first-order chi connectivity index (χ1) is 12.4. The molecule has 0 atom stereocenters. The maximum absolute atomic E-state index is 6.10. The average Bonchev–Trinajstić information content (AvgIpc) is 2.67. The SMILES string of the molecule is CCCCCOc1ccc2ccccc2c1CNCc1cccnc1. The summed E-state index contributed by atoms with van der Waals surface area (Å²) >= 11 is 0. The fourth-order valence-corrected chi connectivity index (χ4v) is 3.00. The van der Waals surface area contributed by atoms with Gasteiger partial charge in [-0.1, -0.05) is 56.2 Å². The highest BCUT2D eigenvalue weighted by atomic mass is 16.5. The maximum Gasteiger partial charge on any atom is 0.124 e. The summed E-state index contributed by atoms with van der Waals surface area (Å²) in [6, 6.07) is 16.8. The zero-order valence-electron chi connectivity index (χ0n) is 14.9. The normalized spacial score (nSPS) is 10.9. The summed E-state index contributed by atoms with van der Waals surface area (Å²) in [5, 5.41) is 6.04. The molecule has 3 aromatic rings. The van der Waals surface area contributed by atoms with Crippen LogP contribution in [0.3, 0.4) is 0 Å². The van der Waals surface area contributed by atoms with Gasteiger partial charge in [0.2, 0.25) is 0 Å². The molecule has 130 valence electrons. The van der Waals surface area contributed by atoms with Crippen LogP contribution in [-0.4, -0.2) is 11.6 Å². The van der Waals surface area contributed by atoms with Crippen LogP contribution in [0.25, 0.3) is 10.8 Å². The molecule has 3 rings (SSSR count). The van der Waals surface area contributed by atoms with Gasteiger partial charge < -0.3 is 10.1 Å². The van der Waals surface area contributed by atoms with Crippen LogP contribution < -0.4 is 10.1 Å². The first kappa shape index (κ1) is 17.4. The minimum absolute atomic E-state index is 0.777. The molecule has 0 bridgehead atoms. The van der Waals surface area contributed by atoms with Gasteiger partial charge in [-0.15, -0.1) is 0 Å². The van der Waals surface area contributed by atoms with Crippen LogP contribution in [0.5, 0.6) is 5.75 Å². The van der Waals surface area contributed by atoms with Crippen LogP contribution in [-0.2, 0) is 13.1 Å². The predicted molar refractivity (Wildman–Crippen MR) is 104 cm³/mol. The first-order valence-electron chi connectivity index (χ1n) is 9.11. The first-order valence-corrected chi connectivity index (χ1v) is 9.11. The zero-order valence-corrected chi connectivity index (χ0v) is 14.9. The number of benzene rings is 2. The molecule has 0 aliphatic rings. The minimum Gasteiger partial charge on any atom is -0.493 e. The Kier molecular flexibility index (Phi) is 6.41. The van der Waals surface area contributed by atoms with Gasteiger partial charge in [0.25, 0.3) is 0 Å². The van der Waals surface area contributed by atoms with Crippen molar-refractivity contribution in [3.63, 3.8) is 0 Å². The zero-order chi connectivity index (χ0) is 17.3. The molecule has 0 fully saturated rings. The number of nitrogens with one attached hydrogen (secondary N) is 1. The number of hydrogen-bond acceptors (Lipinski definition) is 3. The Hall–Kier alpha value is -2.39. The van der Waals surface area contributed by atoms with E-state index in [9.17, 15) is 0 Å². The van der Waals surface area contributed by atoms with E-state index in [1.807, 2.05) is 12.3 Å². The molecule has 3 heteroatoms. The number of hydrogen-bond donors (Lipinski definition) is 1. The second-order valence-electron chi connectivity index (χ2n) is 6.28. The third-order valence-corrected chi connectivity index (χ3v) is 4.36. The molecule has 3 nitrogen and oxygen atoms in total. The van der Waals surface area contributed by atoms with Gasteiger partial charge in [-0.05, 0) is 34.9 Å². The third-order valence-electron chi connectivity index (χ3n) is 4.36. The van der Waals surface area contributed by atoms with E-state index in [1.165, 1.54) is 34.7 Å². The molecule has 0 saturated carbocycles. The molecule has 0 amide bonds. The molecule has 1 aromatic heterocycles. The summed E-state index contributed by atoms with van der Waals surface area (Å²) in [6.07, 6.45) is 7.23. The summed E-state index contributed by atoms with van der Waals surface area (Å²) in [7, 11) is 0. The second-order valence-corrected chi connectivity index (χ2v) is 6.28. The van der Waals surface area contributed by atoms with Crippen molar-refractivity contribution in [3.05, 3.63) is 72.1 Å². The van der Waals surface area contributed by atoms with Gasteiger partial charge in [-0.2, -0.15) is 0 Å². The summed E-state index contributed by atoms with van der Waals surface area (Å²) in [4.78, 5) is 4.17. The van der Waals surface area contributed by atoms with Crippen molar-refractivity contribution in [2.24, 2.45) is 0 Å². The quantitative estimate of drug-likeness (QED) is 0.553. The van der Waals surface area contributed by atoms with Crippen molar-refractivity contribution in [1.29, 1.82) is 0 Å². The molecule has 0 aliphatic heterocycles. The molecular weight excluding hydrogens is 308 g/mol. The van der Waals surface area contributed by atoms with E-state index in [4.69, 9.17) is 4.74 Å². The highest BCUT2D eigenvalue weighted by molar-refractivity contribution is 5.87. The lowest BCUT2D eigenvalue weighted by Crippen LogP contribution is -2.14. The number of aromatic nitrogens is 1. The van der Waals surface area contributed by atoms with Crippen LogP contribution in [0.1, 0.15) is 37.3 Å². The maximum atomic E-state index is 6.10. The number of nitrogens with zero attached hydrogens (tertiary/aromatic N) is 1. The lowest BCUT2D eigenvalue weighted by atomic mass is 10.0. The van der Waals surface area contributed by atoms with E-state index in [0.29, 0.717) is 0 Å². The molecule has 0 saturated heterocycles. The summed E-state index contributed by atoms with van der Waals surface area (Å²) in [6.45, 7) is 4.57. The summed E-state index contributed by atoms with van der Waals surface area (Å²) < 4.78 is 6.10. The molecule has 0 unspecified atom stereocenters. The summed E-state index contributed by atoms with van der Waals surface area (Å²) in [5.41, 5.74) is 2.42. The van der Waals surface area contributed by atoms with E-state index in [0.717, 1.165) is 31.9 Å². The Morgan fingerprint density at radius 2 is 1.88 bits per heavy atom. The highest BCUT2D eigenvalue weighted by Crippen LogP contribution is 2.28. The molecule has 1 N–H and O–H groups in total. The number of rotatable bonds is 9. The molecule has 1 heterocycles. The fraction of sp³-hybridized carbons (Fsp3) is 0.318. The van der Waals surface area contributed by atoms with Gasteiger partial charge in [0.15, 0.2) is 0 Å². The Bertz CT molecular complexity index is 786. The molecule has 25 heavy (non-hydrogen) atoms. The lowest BCUT2D eigenvalue weighted by molar-refractivity contribution is 0.303. The Balaban J connectivity index is 1.74. The van der Waals surface area contributed by atoms with Crippen molar-refractivity contribution in [2.75, 3.05) is 6.61 Å². The van der Waals surface area contributed by atoms with E-state index in [-0.39, 0.29) is 0 Å². The van der Waals surface area contributed by atoms with Crippen LogP contribution >= 0.6 is 0 Å². The standard InChI is InChI=1S/C22H26N2O/c1-2-3-6-14-25-22-12-11-19-9-4-5-10-20(19)21(22)17-24-16-18-8-7-13-23-15-18/h4-5,7-13,15,24H,2-3,6,14,16-17H2,1H3. The smallest absolute Gasteiger partial charge is 0.124 e. The number of pyridine rings is 1. The Morgan fingerprint density at radius 1 is 0.960 bits per heavy atom. The Morgan fingerprint density at radius 3 is 2.72 bits per heavy atom. The highest BCUT2D eigenvalue weighted by Gasteiger charge is 2.09. The van der Waals surface area contributed by atoms with Crippen molar-refractivity contribution in [2.45, 2.75) is 39.3 Å². The van der Waals surface area contributed by atoms with Crippen LogP contribution in [0.2, 0.25) is 0 Å². The van der Waals surface area contributed by atoms with Gasteiger partial charge in [0, 0.05) is 31.0 Å². The monoisotopic (exact) mass is 334 g/mol. The predicted octanol–water partition coefficient (Wildman–Crippen LogP) is 5.09. The number of fused-ring (bicyclic) bond motifs is 1. The molecule has 0 radical (unpaired) electrons. The van der Waals surface area contributed by atoms with Crippen molar-refractivity contribution < 1.29 is 4.74 Å². The van der Waals surface area contributed by atoms with Crippen molar-refractivity contribution >= 4 is 10.8 Å². The van der Waals surface area contributed by atoms with E-state index in [1.54, 1.807) is 6.20 Å².